The zero-order valence-corrected chi connectivity index (χ0v) is 13.3. The number of hydrogen-bond donors (Lipinski definition) is 0. The fourth-order valence-electron chi connectivity index (χ4n) is 4.09. The fourth-order valence-corrected chi connectivity index (χ4v) is 4.32. The van der Waals surface area contributed by atoms with Crippen LogP contribution in [0.15, 0.2) is 16.6 Å². The minimum atomic E-state index is 0.344. The van der Waals surface area contributed by atoms with Crippen LogP contribution in [0.1, 0.15) is 53.6 Å². The van der Waals surface area contributed by atoms with Gasteiger partial charge in [0.1, 0.15) is 0 Å². The highest BCUT2D eigenvalue weighted by molar-refractivity contribution is 9.10. The van der Waals surface area contributed by atoms with Crippen LogP contribution in [-0.2, 0) is 0 Å². The van der Waals surface area contributed by atoms with Crippen molar-refractivity contribution < 1.29 is 4.79 Å². The number of halogens is 1. The highest BCUT2D eigenvalue weighted by Gasteiger charge is 2.40. The third-order valence-electron chi connectivity index (χ3n) is 5.09. The summed E-state index contributed by atoms with van der Waals surface area (Å²) >= 11 is 3.57. The second-order valence-electron chi connectivity index (χ2n) is 6.49. The van der Waals surface area contributed by atoms with E-state index >= 15 is 0 Å². The lowest BCUT2D eigenvalue weighted by molar-refractivity contribution is 0.0944. The Labute approximate surface area is 123 Å². The number of aryl methyl sites for hydroxylation is 2. The monoisotopic (exact) mass is 320 g/mol. The molecular weight excluding hydrogens is 300 g/mol. The van der Waals surface area contributed by atoms with E-state index in [2.05, 4.69) is 29.8 Å². The Bertz CT molecular complexity index is 497. The second-order valence-corrected chi connectivity index (χ2v) is 7.28. The van der Waals surface area contributed by atoms with Crippen LogP contribution in [0.25, 0.3) is 0 Å². The van der Waals surface area contributed by atoms with Crippen molar-refractivity contribution >= 4 is 21.7 Å². The van der Waals surface area contributed by atoms with E-state index in [0.717, 1.165) is 39.4 Å². The first-order chi connectivity index (χ1) is 9.04. The van der Waals surface area contributed by atoms with Crippen LogP contribution in [0.4, 0.5) is 0 Å². The van der Waals surface area contributed by atoms with E-state index in [9.17, 15) is 4.79 Å². The van der Waals surface area contributed by atoms with E-state index < -0.39 is 0 Å². The molecule has 2 fully saturated rings. The zero-order chi connectivity index (χ0) is 13.6. The van der Waals surface area contributed by atoms with Crippen LogP contribution >= 0.6 is 15.9 Å². The molecule has 0 amide bonds. The molecule has 3 unspecified atom stereocenters. The largest absolute Gasteiger partial charge is 0.294 e. The molecule has 19 heavy (non-hydrogen) atoms. The Hall–Kier alpha value is -0.630. The Kier molecular flexibility index (Phi) is 3.55. The molecule has 0 aromatic heterocycles. The molecule has 0 aliphatic heterocycles. The molecule has 0 spiro atoms. The summed E-state index contributed by atoms with van der Waals surface area (Å²) in [6, 6.07) is 4.07. The van der Waals surface area contributed by atoms with Gasteiger partial charge in [0.15, 0.2) is 5.78 Å². The maximum Gasteiger partial charge on any atom is 0.163 e. The summed E-state index contributed by atoms with van der Waals surface area (Å²) in [6.45, 7) is 4.12. The van der Waals surface area contributed by atoms with E-state index in [0.29, 0.717) is 11.7 Å². The van der Waals surface area contributed by atoms with E-state index in [1.54, 1.807) is 0 Å². The summed E-state index contributed by atoms with van der Waals surface area (Å²) in [5.41, 5.74) is 3.23. The third kappa shape index (κ3) is 2.52. The molecule has 2 aliphatic rings. The molecule has 0 heterocycles. The molecule has 2 bridgehead atoms. The Balaban J connectivity index is 1.74. The van der Waals surface area contributed by atoms with E-state index in [4.69, 9.17) is 0 Å². The standard InChI is InChI=1S/C17H21BrO/c1-10-5-15(6-11(2)17(10)18)16(19)9-14-8-12-3-4-13(14)7-12/h5-6,12-14H,3-4,7-9H2,1-2H3. The summed E-state index contributed by atoms with van der Waals surface area (Å²) in [5, 5.41) is 0. The zero-order valence-electron chi connectivity index (χ0n) is 11.7. The third-order valence-corrected chi connectivity index (χ3v) is 6.34. The molecule has 2 saturated carbocycles. The lowest BCUT2D eigenvalue weighted by Crippen LogP contribution is -2.15. The van der Waals surface area contributed by atoms with Gasteiger partial charge in [-0.15, -0.1) is 0 Å². The smallest absolute Gasteiger partial charge is 0.163 e. The molecule has 0 saturated heterocycles. The van der Waals surface area contributed by atoms with Crippen LogP contribution < -0.4 is 0 Å². The number of ketones is 1. The fraction of sp³-hybridized carbons (Fsp3) is 0.588. The average Bonchev–Trinajstić information content (AvgIpc) is 2.97. The number of carbonyl (C=O) groups is 1. The van der Waals surface area contributed by atoms with Gasteiger partial charge in [0.2, 0.25) is 0 Å². The molecule has 102 valence electrons. The first-order valence-corrected chi connectivity index (χ1v) is 8.14. The van der Waals surface area contributed by atoms with Gasteiger partial charge < -0.3 is 0 Å². The van der Waals surface area contributed by atoms with Gasteiger partial charge in [0.05, 0.1) is 0 Å². The Morgan fingerprint density at radius 3 is 2.42 bits per heavy atom. The maximum atomic E-state index is 12.5. The van der Waals surface area contributed by atoms with Crippen LogP contribution in [0, 0.1) is 31.6 Å². The predicted molar refractivity (Wildman–Crippen MR) is 81.5 cm³/mol. The lowest BCUT2D eigenvalue weighted by Gasteiger charge is -2.21. The van der Waals surface area contributed by atoms with Crippen LogP contribution in [0.2, 0.25) is 0 Å². The van der Waals surface area contributed by atoms with Gasteiger partial charge in [0, 0.05) is 16.5 Å². The second kappa shape index (κ2) is 5.05. The van der Waals surface area contributed by atoms with Gasteiger partial charge in [-0.1, -0.05) is 22.4 Å². The van der Waals surface area contributed by atoms with Crippen LogP contribution in [-0.4, -0.2) is 5.78 Å². The number of rotatable bonds is 3. The average molecular weight is 321 g/mol. The predicted octanol–water partition coefficient (Wildman–Crippen LogP) is 5.07. The van der Waals surface area contributed by atoms with Crippen LogP contribution in [0.5, 0.6) is 0 Å². The highest BCUT2D eigenvalue weighted by atomic mass is 79.9. The normalized spacial score (nSPS) is 28.9. The molecule has 1 nitrogen and oxygen atoms in total. The van der Waals surface area contributed by atoms with Crippen molar-refractivity contribution in [3.8, 4) is 0 Å². The quantitative estimate of drug-likeness (QED) is 0.710. The maximum absolute atomic E-state index is 12.5. The number of Topliss-reactive ketones (excluding diaryl/α,β-unsaturated/α-hetero) is 1. The highest BCUT2D eigenvalue weighted by Crippen LogP contribution is 2.49. The molecule has 3 rings (SSSR count). The summed E-state index contributed by atoms with van der Waals surface area (Å²) in [7, 11) is 0. The number of carbonyl (C=O) groups excluding carboxylic acids is 1. The Morgan fingerprint density at radius 2 is 1.89 bits per heavy atom. The van der Waals surface area contributed by atoms with Crippen molar-refractivity contribution in [3.05, 3.63) is 33.3 Å². The van der Waals surface area contributed by atoms with Crippen molar-refractivity contribution in [1.29, 1.82) is 0 Å². The van der Waals surface area contributed by atoms with Crippen LogP contribution in [0.3, 0.4) is 0 Å². The molecular formula is C17H21BrO. The van der Waals surface area contributed by atoms with Gasteiger partial charge >= 0.3 is 0 Å². The first-order valence-electron chi connectivity index (χ1n) is 7.34. The van der Waals surface area contributed by atoms with Crippen molar-refractivity contribution in [3.63, 3.8) is 0 Å². The van der Waals surface area contributed by atoms with Gasteiger partial charge in [-0.2, -0.15) is 0 Å². The topological polar surface area (TPSA) is 17.1 Å². The molecule has 2 heteroatoms. The summed E-state index contributed by atoms with van der Waals surface area (Å²) in [6.07, 6.45) is 6.22. The molecule has 2 aliphatic carbocycles. The summed E-state index contributed by atoms with van der Waals surface area (Å²) < 4.78 is 1.13. The van der Waals surface area contributed by atoms with Gasteiger partial charge in [-0.3, -0.25) is 4.79 Å². The van der Waals surface area contributed by atoms with Gasteiger partial charge in [-0.05, 0) is 74.1 Å². The van der Waals surface area contributed by atoms with E-state index in [1.165, 1.54) is 25.7 Å². The number of benzene rings is 1. The summed E-state index contributed by atoms with van der Waals surface area (Å²) in [4.78, 5) is 12.5. The molecule has 0 radical (unpaired) electrons. The SMILES string of the molecule is Cc1cc(C(=O)CC2CC3CCC2C3)cc(C)c1Br. The molecule has 1 aromatic carbocycles. The van der Waals surface area contributed by atoms with Crippen molar-refractivity contribution in [2.75, 3.05) is 0 Å². The lowest BCUT2D eigenvalue weighted by atomic mass is 9.84. The minimum absolute atomic E-state index is 0.344. The van der Waals surface area contributed by atoms with Gasteiger partial charge in [0.25, 0.3) is 0 Å². The minimum Gasteiger partial charge on any atom is -0.294 e. The van der Waals surface area contributed by atoms with Gasteiger partial charge in [-0.25, -0.2) is 0 Å². The first kappa shape index (κ1) is 13.4. The van der Waals surface area contributed by atoms with Crippen molar-refractivity contribution in [2.45, 2.75) is 46.0 Å². The van der Waals surface area contributed by atoms with Crippen molar-refractivity contribution in [2.24, 2.45) is 17.8 Å². The van der Waals surface area contributed by atoms with Crippen molar-refractivity contribution in [1.82, 2.24) is 0 Å². The molecule has 3 atom stereocenters. The Morgan fingerprint density at radius 1 is 1.21 bits per heavy atom. The molecule has 0 N–H and O–H groups in total. The van der Waals surface area contributed by atoms with E-state index in [1.807, 2.05) is 12.1 Å². The van der Waals surface area contributed by atoms with E-state index in [-0.39, 0.29) is 0 Å². The number of fused-ring (bicyclic) bond motifs is 2. The molecule has 1 aromatic rings. The number of hydrogen-bond acceptors (Lipinski definition) is 1. The summed E-state index contributed by atoms with van der Waals surface area (Å²) in [5.74, 6) is 2.77.